The van der Waals surface area contributed by atoms with Gasteiger partial charge in [-0.05, 0) is 5.92 Å². The molecular formula is C8H11IO3. The number of cyclic esters (lactones) is 1. The number of alkyl halides is 1. The molecule has 2 atom stereocenters. The minimum Gasteiger partial charge on any atom is -0.460 e. The normalized spacial score (nSPS) is 30.7. The van der Waals surface area contributed by atoms with Gasteiger partial charge in [0.25, 0.3) is 0 Å². The van der Waals surface area contributed by atoms with Crippen LogP contribution < -0.4 is 0 Å². The van der Waals surface area contributed by atoms with Gasteiger partial charge in [-0.3, -0.25) is 9.59 Å². The highest BCUT2D eigenvalue weighted by molar-refractivity contribution is 14.1. The third-order valence-electron chi connectivity index (χ3n) is 1.84. The smallest absolute Gasteiger partial charge is 0.313 e. The van der Waals surface area contributed by atoms with E-state index >= 15 is 0 Å². The molecule has 1 fully saturated rings. The Bertz CT molecular complexity index is 212. The van der Waals surface area contributed by atoms with Crippen LogP contribution in [0.4, 0.5) is 0 Å². The summed E-state index contributed by atoms with van der Waals surface area (Å²) in [4.78, 5) is 22.1. The molecular weight excluding hydrogens is 271 g/mol. The predicted molar refractivity (Wildman–Crippen MR) is 52.2 cm³/mol. The molecule has 0 aromatic carbocycles. The number of halogens is 1. The van der Waals surface area contributed by atoms with E-state index in [0.717, 1.165) is 0 Å². The molecule has 0 radical (unpaired) electrons. The lowest BCUT2D eigenvalue weighted by Crippen LogP contribution is -2.42. The highest BCUT2D eigenvalue weighted by Crippen LogP contribution is 2.24. The van der Waals surface area contributed by atoms with E-state index in [9.17, 15) is 9.59 Å². The zero-order valence-electron chi connectivity index (χ0n) is 7.04. The van der Waals surface area contributed by atoms with Crippen molar-refractivity contribution >= 4 is 34.3 Å². The van der Waals surface area contributed by atoms with Crippen LogP contribution in [-0.4, -0.2) is 21.8 Å². The Morgan fingerprint density at radius 3 is 2.58 bits per heavy atom. The van der Waals surface area contributed by atoms with Gasteiger partial charge in [0.15, 0.2) is 5.78 Å². The van der Waals surface area contributed by atoms with Crippen molar-refractivity contribution in [3.63, 3.8) is 0 Å². The summed E-state index contributed by atoms with van der Waals surface area (Å²) in [6.07, 6.45) is -0.295. The Labute approximate surface area is 85.0 Å². The largest absolute Gasteiger partial charge is 0.460 e. The standard InChI is InChI=1S/C8H11IO3/c1-4(2)8-7(9)5(10)3-6(11)12-8/h4,7-8H,3H2,1-2H3/t7-,8-/m1/s1. The summed E-state index contributed by atoms with van der Waals surface area (Å²) in [5.74, 6) is -0.183. The fourth-order valence-electron chi connectivity index (χ4n) is 1.15. The summed E-state index contributed by atoms with van der Waals surface area (Å²) >= 11 is 2.04. The number of rotatable bonds is 1. The second kappa shape index (κ2) is 3.72. The Morgan fingerprint density at radius 1 is 1.50 bits per heavy atom. The molecule has 0 spiro atoms. The molecule has 4 heteroatoms. The Balaban J connectivity index is 2.73. The SMILES string of the molecule is CC(C)[C@H]1OC(=O)CC(=O)[C@H]1I. The summed E-state index contributed by atoms with van der Waals surface area (Å²) in [6.45, 7) is 3.89. The van der Waals surface area contributed by atoms with E-state index in [1.54, 1.807) is 0 Å². The molecule has 0 amide bonds. The molecule has 1 aliphatic rings. The Morgan fingerprint density at radius 2 is 2.08 bits per heavy atom. The zero-order valence-corrected chi connectivity index (χ0v) is 9.20. The van der Waals surface area contributed by atoms with Crippen molar-refractivity contribution in [2.24, 2.45) is 5.92 Å². The van der Waals surface area contributed by atoms with Gasteiger partial charge in [0.2, 0.25) is 0 Å². The van der Waals surface area contributed by atoms with Gasteiger partial charge in [-0.1, -0.05) is 36.4 Å². The molecule has 0 aromatic heterocycles. The molecule has 0 aromatic rings. The van der Waals surface area contributed by atoms with Crippen molar-refractivity contribution in [1.82, 2.24) is 0 Å². The molecule has 1 saturated heterocycles. The summed E-state index contributed by atoms with van der Waals surface area (Å²) < 4.78 is 4.90. The second-order valence-electron chi connectivity index (χ2n) is 3.24. The fourth-order valence-corrected chi connectivity index (χ4v) is 2.35. The number of hydrogen-bond donors (Lipinski definition) is 0. The van der Waals surface area contributed by atoms with Crippen LogP contribution in [-0.2, 0) is 14.3 Å². The number of ether oxygens (including phenoxy) is 1. The maximum absolute atomic E-state index is 11.2. The molecule has 0 unspecified atom stereocenters. The minimum absolute atomic E-state index is 0.00875. The molecule has 68 valence electrons. The first-order chi connectivity index (χ1) is 5.52. The van der Waals surface area contributed by atoms with Gasteiger partial charge in [-0.2, -0.15) is 0 Å². The highest BCUT2D eigenvalue weighted by atomic mass is 127. The van der Waals surface area contributed by atoms with Crippen molar-refractivity contribution in [3.05, 3.63) is 0 Å². The van der Waals surface area contributed by atoms with Crippen molar-refractivity contribution in [3.8, 4) is 0 Å². The highest BCUT2D eigenvalue weighted by Gasteiger charge is 2.37. The Kier molecular flexibility index (Phi) is 3.09. The lowest BCUT2D eigenvalue weighted by Gasteiger charge is -2.29. The number of carbonyl (C=O) groups excluding carboxylic acids is 2. The third kappa shape index (κ3) is 1.97. The van der Waals surface area contributed by atoms with Gasteiger partial charge in [0, 0.05) is 0 Å². The molecule has 0 saturated carbocycles. The number of carbonyl (C=O) groups is 2. The quantitative estimate of drug-likeness (QED) is 0.315. The molecule has 1 heterocycles. The van der Waals surface area contributed by atoms with Gasteiger partial charge in [0.1, 0.15) is 16.4 Å². The van der Waals surface area contributed by atoms with Gasteiger partial charge >= 0.3 is 5.97 Å². The molecule has 0 bridgehead atoms. The van der Waals surface area contributed by atoms with Crippen LogP contribution >= 0.6 is 22.6 Å². The Hall–Kier alpha value is -0.130. The van der Waals surface area contributed by atoms with E-state index in [4.69, 9.17) is 4.74 Å². The average Bonchev–Trinajstić information content (AvgIpc) is 1.96. The first-order valence-electron chi connectivity index (χ1n) is 3.88. The third-order valence-corrected chi connectivity index (χ3v) is 3.24. The number of Topliss-reactive ketones (excluding diaryl/α,β-unsaturated/α-hetero) is 1. The first kappa shape index (κ1) is 9.95. The first-order valence-corrected chi connectivity index (χ1v) is 5.13. The number of hydrogen-bond acceptors (Lipinski definition) is 3. The van der Waals surface area contributed by atoms with Gasteiger partial charge in [0.05, 0.1) is 0 Å². The predicted octanol–water partition coefficient (Wildman–Crippen LogP) is 1.33. The van der Waals surface area contributed by atoms with E-state index in [1.165, 1.54) is 0 Å². The van der Waals surface area contributed by atoms with Crippen molar-refractivity contribution < 1.29 is 14.3 Å². The summed E-state index contributed by atoms with van der Waals surface area (Å²) in [7, 11) is 0. The van der Waals surface area contributed by atoms with Gasteiger partial charge in [-0.25, -0.2) is 0 Å². The van der Waals surface area contributed by atoms with Crippen molar-refractivity contribution in [2.75, 3.05) is 0 Å². The van der Waals surface area contributed by atoms with E-state index in [0.29, 0.717) is 0 Å². The van der Waals surface area contributed by atoms with E-state index < -0.39 is 0 Å². The van der Waals surface area contributed by atoms with E-state index in [2.05, 4.69) is 0 Å². The van der Waals surface area contributed by atoms with E-state index in [-0.39, 0.29) is 34.1 Å². The van der Waals surface area contributed by atoms with Gasteiger partial charge < -0.3 is 4.74 Å². The molecule has 1 aliphatic heterocycles. The summed E-state index contributed by atoms with van der Waals surface area (Å²) in [5, 5.41) is 0. The zero-order chi connectivity index (χ0) is 9.30. The molecule has 1 rings (SSSR count). The van der Waals surface area contributed by atoms with Crippen molar-refractivity contribution in [2.45, 2.75) is 30.3 Å². The lowest BCUT2D eigenvalue weighted by molar-refractivity contribution is -0.158. The molecule has 0 N–H and O–H groups in total. The van der Waals surface area contributed by atoms with Crippen molar-refractivity contribution in [1.29, 1.82) is 0 Å². The minimum atomic E-state index is -0.383. The van der Waals surface area contributed by atoms with E-state index in [1.807, 2.05) is 36.4 Å². The maximum Gasteiger partial charge on any atom is 0.313 e. The molecule has 3 nitrogen and oxygen atoms in total. The second-order valence-corrected chi connectivity index (χ2v) is 4.59. The van der Waals surface area contributed by atoms with Crippen LogP contribution in [0.15, 0.2) is 0 Å². The monoisotopic (exact) mass is 282 g/mol. The molecule has 0 aliphatic carbocycles. The number of ketones is 1. The molecule has 12 heavy (non-hydrogen) atoms. The van der Waals surface area contributed by atoms with Crippen LogP contribution in [0.2, 0.25) is 0 Å². The van der Waals surface area contributed by atoms with Crippen LogP contribution in [0, 0.1) is 5.92 Å². The summed E-state index contributed by atoms with van der Waals surface area (Å²) in [5.41, 5.74) is 0. The summed E-state index contributed by atoms with van der Waals surface area (Å²) in [6, 6.07) is 0. The van der Waals surface area contributed by atoms with Gasteiger partial charge in [-0.15, -0.1) is 0 Å². The number of esters is 1. The van der Waals surface area contributed by atoms with Crippen LogP contribution in [0.3, 0.4) is 0 Å². The fraction of sp³-hybridized carbons (Fsp3) is 0.750. The van der Waals surface area contributed by atoms with Crippen LogP contribution in [0.5, 0.6) is 0 Å². The lowest BCUT2D eigenvalue weighted by atomic mass is 9.98. The average molecular weight is 282 g/mol. The van der Waals surface area contributed by atoms with Crippen LogP contribution in [0.1, 0.15) is 20.3 Å². The maximum atomic E-state index is 11.2. The van der Waals surface area contributed by atoms with Crippen LogP contribution in [0.25, 0.3) is 0 Å². The topological polar surface area (TPSA) is 43.4 Å².